The maximum Gasteiger partial charge on any atom is 0.168 e. The number of phenolic OH excluding ortho intramolecular Hbond substituents is 1. The number of benzene rings is 1. The number of phenols is 1. The van der Waals surface area contributed by atoms with E-state index in [1.807, 2.05) is 0 Å². The summed E-state index contributed by atoms with van der Waals surface area (Å²) in [5.41, 5.74) is 5.50. The molecule has 0 radical (unpaired) electrons. The smallest absolute Gasteiger partial charge is 0.168 e. The second-order valence-electron chi connectivity index (χ2n) is 2.79. The highest BCUT2D eigenvalue weighted by Gasteiger charge is 2.08. The van der Waals surface area contributed by atoms with E-state index >= 15 is 0 Å². The summed E-state index contributed by atoms with van der Waals surface area (Å²) in [4.78, 5) is 0. The molecule has 4 heteroatoms. The molecule has 0 fully saturated rings. The lowest BCUT2D eigenvalue weighted by atomic mass is 10.1. The Kier molecular flexibility index (Phi) is 3.19. The molecule has 0 bridgehead atoms. The van der Waals surface area contributed by atoms with E-state index in [1.165, 1.54) is 0 Å². The molecule has 1 aromatic rings. The lowest BCUT2D eigenvalue weighted by Crippen LogP contribution is -2.01. The zero-order valence-electron chi connectivity index (χ0n) is 7.06. The first-order chi connectivity index (χ1) is 6.15. The van der Waals surface area contributed by atoms with Crippen LogP contribution in [0.25, 0.3) is 0 Å². The lowest BCUT2D eigenvalue weighted by Gasteiger charge is -2.04. The van der Waals surface area contributed by atoms with Crippen LogP contribution in [0.5, 0.6) is 5.75 Å². The van der Waals surface area contributed by atoms with Crippen molar-refractivity contribution < 1.29 is 13.9 Å². The van der Waals surface area contributed by atoms with Crippen molar-refractivity contribution in [1.29, 1.82) is 0 Å². The monoisotopic (exact) mass is 187 g/mol. The highest BCUT2D eigenvalue weighted by atomic mass is 19.1. The van der Waals surface area contributed by atoms with Gasteiger partial charge < -0.3 is 10.8 Å². The maximum absolute atomic E-state index is 12.7. The summed E-state index contributed by atoms with van der Waals surface area (Å²) < 4.78 is 25.4. The standard InChI is InChI=1S/C9H11F2NO/c10-7-4-6(2-1-3-12)9(13)8(11)5-7/h4-5,13H,1-3,12H2. The van der Waals surface area contributed by atoms with Gasteiger partial charge in [0, 0.05) is 6.07 Å². The van der Waals surface area contributed by atoms with Crippen LogP contribution in [-0.2, 0) is 6.42 Å². The topological polar surface area (TPSA) is 46.2 Å². The SMILES string of the molecule is NCCCc1cc(F)cc(F)c1O. The summed E-state index contributed by atoms with van der Waals surface area (Å²) in [5, 5.41) is 9.17. The molecule has 0 aliphatic rings. The van der Waals surface area contributed by atoms with Crippen molar-refractivity contribution in [2.45, 2.75) is 12.8 Å². The van der Waals surface area contributed by atoms with Gasteiger partial charge in [-0.25, -0.2) is 8.78 Å². The molecule has 13 heavy (non-hydrogen) atoms. The van der Waals surface area contributed by atoms with Gasteiger partial charge in [0.25, 0.3) is 0 Å². The summed E-state index contributed by atoms with van der Waals surface area (Å²) in [7, 11) is 0. The minimum atomic E-state index is -0.924. The molecule has 0 aliphatic heterocycles. The highest BCUT2D eigenvalue weighted by molar-refractivity contribution is 5.34. The molecular formula is C9H11F2NO. The van der Waals surface area contributed by atoms with Crippen molar-refractivity contribution in [3.63, 3.8) is 0 Å². The Morgan fingerprint density at radius 2 is 2.00 bits per heavy atom. The van der Waals surface area contributed by atoms with Crippen LogP contribution in [0.15, 0.2) is 12.1 Å². The highest BCUT2D eigenvalue weighted by Crippen LogP contribution is 2.23. The normalized spacial score (nSPS) is 10.4. The molecule has 0 unspecified atom stereocenters. The van der Waals surface area contributed by atoms with Gasteiger partial charge >= 0.3 is 0 Å². The quantitative estimate of drug-likeness (QED) is 0.754. The average Bonchev–Trinajstić information content (AvgIpc) is 2.09. The summed E-state index contributed by atoms with van der Waals surface area (Å²) in [6, 6.07) is 1.77. The van der Waals surface area contributed by atoms with E-state index in [-0.39, 0.29) is 5.56 Å². The summed E-state index contributed by atoms with van der Waals surface area (Å²) in [6.07, 6.45) is 0.980. The zero-order chi connectivity index (χ0) is 9.84. The Balaban J connectivity index is 2.92. The van der Waals surface area contributed by atoms with Crippen molar-refractivity contribution in [3.05, 3.63) is 29.3 Å². The minimum Gasteiger partial charge on any atom is -0.505 e. The van der Waals surface area contributed by atoms with Gasteiger partial charge in [-0.15, -0.1) is 0 Å². The predicted octanol–water partition coefficient (Wildman–Crippen LogP) is 1.56. The molecule has 3 N–H and O–H groups in total. The third-order valence-electron chi connectivity index (χ3n) is 1.76. The van der Waals surface area contributed by atoms with Crippen molar-refractivity contribution in [2.75, 3.05) is 6.54 Å². The van der Waals surface area contributed by atoms with Crippen molar-refractivity contribution in [2.24, 2.45) is 5.73 Å². The number of hydrogen-bond acceptors (Lipinski definition) is 2. The van der Waals surface area contributed by atoms with E-state index in [0.29, 0.717) is 25.5 Å². The molecule has 0 aromatic heterocycles. The number of rotatable bonds is 3. The van der Waals surface area contributed by atoms with E-state index < -0.39 is 17.4 Å². The van der Waals surface area contributed by atoms with Gasteiger partial charge in [-0.2, -0.15) is 0 Å². The van der Waals surface area contributed by atoms with E-state index in [0.717, 1.165) is 6.07 Å². The van der Waals surface area contributed by atoms with Gasteiger partial charge in [-0.1, -0.05) is 0 Å². The molecule has 0 aliphatic carbocycles. The Morgan fingerprint density at radius 3 is 2.62 bits per heavy atom. The van der Waals surface area contributed by atoms with Gasteiger partial charge in [0.2, 0.25) is 0 Å². The first-order valence-corrected chi connectivity index (χ1v) is 4.02. The Bertz CT molecular complexity index is 302. The van der Waals surface area contributed by atoms with Crippen LogP contribution >= 0.6 is 0 Å². The van der Waals surface area contributed by atoms with Crippen LogP contribution in [0.1, 0.15) is 12.0 Å². The van der Waals surface area contributed by atoms with E-state index in [1.54, 1.807) is 0 Å². The molecule has 0 saturated carbocycles. The molecule has 0 heterocycles. The van der Waals surface area contributed by atoms with Gasteiger partial charge in [-0.05, 0) is 31.0 Å². The Labute approximate surface area is 75.0 Å². The Hall–Kier alpha value is -1.16. The largest absolute Gasteiger partial charge is 0.505 e. The molecule has 0 spiro atoms. The molecule has 2 nitrogen and oxygen atoms in total. The first-order valence-electron chi connectivity index (χ1n) is 4.02. The third-order valence-corrected chi connectivity index (χ3v) is 1.76. The fourth-order valence-corrected chi connectivity index (χ4v) is 1.10. The van der Waals surface area contributed by atoms with Crippen LogP contribution in [-0.4, -0.2) is 11.7 Å². The van der Waals surface area contributed by atoms with Crippen LogP contribution in [0.3, 0.4) is 0 Å². The second kappa shape index (κ2) is 4.18. The van der Waals surface area contributed by atoms with Crippen LogP contribution in [0, 0.1) is 11.6 Å². The number of aromatic hydroxyl groups is 1. The molecule has 1 aromatic carbocycles. The van der Waals surface area contributed by atoms with E-state index in [9.17, 15) is 8.78 Å². The fourth-order valence-electron chi connectivity index (χ4n) is 1.10. The zero-order valence-corrected chi connectivity index (χ0v) is 7.06. The summed E-state index contributed by atoms with van der Waals surface area (Å²) in [5.74, 6) is -2.08. The van der Waals surface area contributed by atoms with Crippen molar-refractivity contribution in [1.82, 2.24) is 0 Å². The summed E-state index contributed by atoms with van der Waals surface area (Å²) in [6.45, 7) is 0.428. The second-order valence-corrected chi connectivity index (χ2v) is 2.79. The number of hydrogen-bond donors (Lipinski definition) is 2. The van der Waals surface area contributed by atoms with E-state index in [2.05, 4.69) is 0 Å². The maximum atomic E-state index is 12.7. The van der Waals surface area contributed by atoms with Crippen LogP contribution < -0.4 is 5.73 Å². The molecule has 0 atom stereocenters. The molecule has 0 saturated heterocycles. The fraction of sp³-hybridized carbons (Fsp3) is 0.333. The predicted molar refractivity (Wildman–Crippen MR) is 45.4 cm³/mol. The molecule has 0 amide bonds. The molecule has 1 rings (SSSR count). The first kappa shape index (κ1) is 9.92. The lowest BCUT2D eigenvalue weighted by molar-refractivity contribution is 0.420. The van der Waals surface area contributed by atoms with Gasteiger partial charge in [0.05, 0.1) is 0 Å². The number of aryl methyl sites for hydroxylation is 1. The Morgan fingerprint density at radius 1 is 1.31 bits per heavy atom. The minimum absolute atomic E-state index is 0.267. The molecular weight excluding hydrogens is 176 g/mol. The number of nitrogens with two attached hydrogens (primary N) is 1. The van der Waals surface area contributed by atoms with Gasteiger partial charge in [0.15, 0.2) is 11.6 Å². The van der Waals surface area contributed by atoms with Gasteiger partial charge in [-0.3, -0.25) is 0 Å². The van der Waals surface area contributed by atoms with Crippen LogP contribution in [0.4, 0.5) is 8.78 Å². The number of halogens is 2. The third kappa shape index (κ3) is 2.39. The molecule has 72 valence electrons. The van der Waals surface area contributed by atoms with Crippen molar-refractivity contribution in [3.8, 4) is 5.75 Å². The van der Waals surface area contributed by atoms with E-state index in [4.69, 9.17) is 10.8 Å². The average molecular weight is 187 g/mol. The van der Waals surface area contributed by atoms with Gasteiger partial charge in [0.1, 0.15) is 5.82 Å². The van der Waals surface area contributed by atoms with Crippen LogP contribution in [0.2, 0.25) is 0 Å². The van der Waals surface area contributed by atoms with Crippen molar-refractivity contribution >= 4 is 0 Å². The summed E-state index contributed by atoms with van der Waals surface area (Å²) >= 11 is 0.